The first kappa shape index (κ1) is 10.7. The van der Waals surface area contributed by atoms with E-state index in [2.05, 4.69) is 4.74 Å². The molecule has 0 aliphatic rings. The van der Waals surface area contributed by atoms with Crippen LogP contribution in [0.5, 0.6) is 0 Å². The van der Waals surface area contributed by atoms with Crippen LogP contribution in [0.1, 0.15) is 21.0 Å². The number of hydrogen-bond acceptors (Lipinski definition) is 4. The Morgan fingerprint density at radius 1 is 1.57 bits per heavy atom. The lowest BCUT2D eigenvalue weighted by atomic mass is 10.3. The van der Waals surface area contributed by atoms with E-state index in [9.17, 15) is 9.59 Å². The van der Waals surface area contributed by atoms with Crippen molar-refractivity contribution in [1.29, 1.82) is 0 Å². The van der Waals surface area contributed by atoms with Crippen LogP contribution >= 0.6 is 11.3 Å². The standard InChI is InChI=1S/C10H10O3S/c1-13-10(12)9-6-5-8(14-9)4-2-3-7-11/h2,4-7H,3H2,1H3. The molecule has 0 atom stereocenters. The number of ether oxygens (including phenoxy) is 1. The summed E-state index contributed by atoms with van der Waals surface area (Å²) in [5, 5.41) is 0. The van der Waals surface area contributed by atoms with Crippen LogP contribution < -0.4 is 0 Å². The molecule has 0 saturated heterocycles. The van der Waals surface area contributed by atoms with Gasteiger partial charge in [0.25, 0.3) is 0 Å². The highest BCUT2D eigenvalue weighted by Gasteiger charge is 2.06. The number of hydrogen-bond donors (Lipinski definition) is 0. The van der Waals surface area contributed by atoms with Crippen LogP contribution in [0.3, 0.4) is 0 Å². The highest BCUT2D eigenvalue weighted by atomic mass is 32.1. The Balaban J connectivity index is 2.68. The first-order valence-electron chi connectivity index (χ1n) is 4.06. The molecule has 0 aliphatic carbocycles. The number of allylic oxidation sites excluding steroid dienone is 1. The third-order valence-corrected chi connectivity index (χ3v) is 2.56. The van der Waals surface area contributed by atoms with Gasteiger partial charge in [-0.2, -0.15) is 0 Å². The van der Waals surface area contributed by atoms with Gasteiger partial charge < -0.3 is 9.53 Å². The fourth-order valence-electron chi connectivity index (χ4n) is 0.892. The van der Waals surface area contributed by atoms with Crippen LogP contribution in [-0.2, 0) is 9.53 Å². The van der Waals surface area contributed by atoms with Gasteiger partial charge in [-0.1, -0.05) is 6.08 Å². The third-order valence-electron chi connectivity index (χ3n) is 1.53. The quantitative estimate of drug-likeness (QED) is 0.565. The Kier molecular flexibility index (Phi) is 4.07. The molecule has 0 radical (unpaired) electrons. The van der Waals surface area contributed by atoms with Crippen LogP contribution in [-0.4, -0.2) is 19.4 Å². The van der Waals surface area contributed by atoms with E-state index in [0.717, 1.165) is 11.2 Å². The van der Waals surface area contributed by atoms with E-state index in [1.54, 1.807) is 12.1 Å². The Morgan fingerprint density at radius 2 is 2.36 bits per heavy atom. The van der Waals surface area contributed by atoms with Gasteiger partial charge in [0.15, 0.2) is 0 Å². The fourth-order valence-corrected chi connectivity index (χ4v) is 1.75. The third kappa shape index (κ3) is 2.81. The molecule has 1 aromatic heterocycles. The van der Waals surface area contributed by atoms with Gasteiger partial charge in [0.1, 0.15) is 11.2 Å². The average Bonchev–Trinajstić information content (AvgIpc) is 2.66. The fraction of sp³-hybridized carbons (Fsp3) is 0.200. The Hall–Kier alpha value is -1.42. The second kappa shape index (κ2) is 5.34. The Labute approximate surface area is 86.0 Å². The van der Waals surface area contributed by atoms with Gasteiger partial charge in [-0.05, 0) is 18.2 Å². The van der Waals surface area contributed by atoms with Crippen molar-refractivity contribution in [2.45, 2.75) is 6.42 Å². The highest BCUT2D eigenvalue weighted by molar-refractivity contribution is 7.14. The maximum Gasteiger partial charge on any atom is 0.348 e. The Bertz CT molecular complexity index is 352. The molecule has 0 N–H and O–H groups in total. The second-order valence-electron chi connectivity index (χ2n) is 2.50. The topological polar surface area (TPSA) is 43.4 Å². The summed E-state index contributed by atoms with van der Waals surface area (Å²) in [7, 11) is 1.35. The molecule has 0 unspecified atom stereocenters. The molecule has 0 amide bonds. The first-order chi connectivity index (χ1) is 6.77. The molecule has 1 aromatic rings. The van der Waals surface area contributed by atoms with Crippen molar-refractivity contribution >= 4 is 29.7 Å². The molecule has 1 rings (SSSR count). The molecule has 4 heteroatoms. The predicted octanol–water partition coefficient (Wildman–Crippen LogP) is 2.14. The second-order valence-corrected chi connectivity index (χ2v) is 3.61. The molecule has 0 aliphatic heterocycles. The zero-order chi connectivity index (χ0) is 10.4. The van der Waals surface area contributed by atoms with E-state index in [1.165, 1.54) is 18.4 Å². The van der Waals surface area contributed by atoms with E-state index in [-0.39, 0.29) is 5.97 Å². The lowest BCUT2D eigenvalue weighted by molar-refractivity contribution is -0.107. The van der Waals surface area contributed by atoms with Gasteiger partial charge in [-0.15, -0.1) is 11.3 Å². The summed E-state index contributed by atoms with van der Waals surface area (Å²) in [6.07, 6.45) is 4.78. The average molecular weight is 210 g/mol. The first-order valence-corrected chi connectivity index (χ1v) is 4.88. The van der Waals surface area contributed by atoms with Crippen molar-refractivity contribution in [3.8, 4) is 0 Å². The molecule has 0 aromatic carbocycles. The summed E-state index contributed by atoms with van der Waals surface area (Å²) < 4.78 is 4.57. The van der Waals surface area contributed by atoms with E-state index < -0.39 is 0 Å². The van der Waals surface area contributed by atoms with Crippen LogP contribution in [0.25, 0.3) is 6.08 Å². The minimum atomic E-state index is -0.329. The number of carbonyl (C=O) groups excluding carboxylic acids is 2. The van der Waals surface area contributed by atoms with E-state index in [4.69, 9.17) is 0 Å². The lowest BCUT2D eigenvalue weighted by Gasteiger charge is -1.91. The van der Waals surface area contributed by atoms with Crippen molar-refractivity contribution in [2.75, 3.05) is 7.11 Å². The number of methoxy groups -OCH3 is 1. The summed E-state index contributed by atoms with van der Waals surface area (Å²) >= 11 is 1.34. The van der Waals surface area contributed by atoms with Gasteiger partial charge >= 0.3 is 5.97 Å². The van der Waals surface area contributed by atoms with Crippen molar-refractivity contribution in [3.63, 3.8) is 0 Å². The summed E-state index contributed by atoms with van der Waals surface area (Å²) in [4.78, 5) is 22.6. The van der Waals surface area contributed by atoms with Crippen LogP contribution in [0, 0.1) is 0 Å². The monoisotopic (exact) mass is 210 g/mol. The number of rotatable bonds is 4. The van der Waals surface area contributed by atoms with Crippen molar-refractivity contribution < 1.29 is 14.3 Å². The van der Waals surface area contributed by atoms with Crippen molar-refractivity contribution in [2.24, 2.45) is 0 Å². The van der Waals surface area contributed by atoms with E-state index in [0.29, 0.717) is 11.3 Å². The molecule has 0 fully saturated rings. The maximum atomic E-state index is 11.1. The van der Waals surface area contributed by atoms with Crippen LogP contribution in [0.15, 0.2) is 18.2 Å². The molecule has 0 spiro atoms. The molecule has 0 saturated carbocycles. The molecule has 0 bridgehead atoms. The van der Waals surface area contributed by atoms with Gasteiger partial charge in [0, 0.05) is 11.3 Å². The highest BCUT2D eigenvalue weighted by Crippen LogP contribution is 2.18. The molecule has 1 heterocycles. The number of aldehydes is 1. The largest absolute Gasteiger partial charge is 0.465 e. The van der Waals surface area contributed by atoms with Crippen molar-refractivity contribution in [3.05, 3.63) is 28.0 Å². The summed E-state index contributed by atoms with van der Waals surface area (Å²) in [5.74, 6) is -0.329. The number of esters is 1. The molecule has 3 nitrogen and oxygen atoms in total. The molecule has 74 valence electrons. The van der Waals surface area contributed by atoms with E-state index in [1.807, 2.05) is 12.1 Å². The van der Waals surface area contributed by atoms with Crippen molar-refractivity contribution in [1.82, 2.24) is 0 Å². The van der Waals surface area contributed by atoms with Gasteiger partial charge in [-0.3, -0.25) is 0 Å². The summed E-state index contributed by atoms with van der Waals surface area (Å²) in [6.45, 7) is 0. The minimum absolute atomic E-state index is 0.329. The maximum absolute atomic E-state index is 11.1. The van der Waals surface area contributed by atoms with Gasteiger partial charge in [0.05, 0.1) is 7.11 Å². The molecular weight excluding hydrogens is 200 g/mol. The minimum Gasteiger partial charge on any atom is -0.465 e. The van der Waals surface area contributed by atoms with E-state index >= 15 is 0 Å². The van der Waals surface area contributed by atoms with Gasteiger partial charge in [0.2, 0.25) is 0 Å². The summed E-state index contributed by atoms with van der Waals surface area (Å²) in [5.41, 5.74) is 0. The predicted molar refractivity (Wildman–Crippen MR) is 55.4 cm³/mol. The Morgan fingerprint density at radius 3 is 3.00 bits per heavy atom. The smallest absolute Gasteiger partial charge is 0.348 e. The van der Waals surface area contributed by atoms with Crippen LogP contribution in [0.2, 0.25) is 0 Å². The number of carbonyl (C=O) groups is 2. The SMILES string of the molecule is COC(=O)c1ccc(C=CCC=O)s1. The van der Waals surface area contributed by atoms with Crippen LogP contribution in [0.4, 0.5) is 0 Å². The number of thiophene rings is 1. The zero-order valence-corrected chi connectivity index (χ0v) is 8.54. The molecular formula is C10H10O3S. The van der Waals surface area contributed by atoms with Gasteiger partial charge in [-0.25, -0.2) is 4.79 Å². The normalized spacial score (nSPS) is 10.4. The summed E-state index contributed by atoms with van der Waals surface area (Å²) in [6, 6.07) is 3.52. The lowest BCUT2D eigenvalue weighted by Crippen LogP contribution is -1.96. The molecule has 14 heavy (non-hydrogen) atoms. The zero-order valence-electron chi connectivity index (χ0n) is 7.73.